The summed E-state index contributed by atoms with van der Waals surface area (Å²) in [7, 11) is 0. The van der Waals surface area contributed by atoms with Gasteiger partial charge in [0.25, 0.3) is 0 Å². The van der Waals surface area contributed by atoms with Crippen molar-refractivity contribution in [1.82, 2.24) is 10.6 Å². The van der Waals surface area contributed by atoms with E-state index in [0.29, 0.717) is 25.9 Å². The van der Waals surface area contributed by atoms with Gasteiger partial charge in [-0.05, 0) is 26.7 Å². The van der Waals surface area contributed by atoms with Crippen LogP contribution in [0.5, 0.6) is 0 Å². The highest BCUT2D eigenvalue weighted by Gasteiger charge is 2.00. The predicted octanol–water partition coefficient (Wildman–Crippen LogP) is 0.238. The van der Waals surface area contributed by atoms with Crippen LogP contribution in [0.4, 0.5) is 0 Å². The molecule has 134 valence electrons. The lowest BCUT2D eigenvalue weighted by Crippen LogP contribution is -2.25. The maximum Gasteiger partial charge on any atom is 0.330 e. The van der Waals surface area contributed by atoms with Crippen molar-refractivity contribution in [3.63, 3.8) is 0 Å². The van der Waals surface area contributed by atoms with Crippen LogP contribution in [0.15, 0.2) is 24.3 Å². The first-order chi connectivity index (χ1) is 11.5. The number of ether oxygens (including phenoxy) is 2. The Morgan fingerprint density at radius 1 is 0.708 bits per heavy atom. The van der Waals surface area contributed by atoms with Crippen LogP contribution in [0, 0.1) is 0 Å². The van der Waals surface area contributed by atoms with Crippen LogP contribution in [0.2, 0.25) is 0 Å². The molecule has 0 aliphatic heterocycles. The Hall–Kier alpha value is -2.64. The Morgan fingerprint density at radius 2 is 1.08 bits per heavy atom. The van der Waals surface area contributed by atoms with Gasteiger partial charge in [-0.3, -0.25) is 9.59 Å². The van der Waals surface area contributed by atoms with E-state index in [0.717, 1.165) is 24.3 Å². The Bertz CT molecular complexity index is 441. The van der Waals surface area contributed by atoms with Gasteiger partial charge >= 0.3 is 11.9 Å². The van der Waals surface area contributed by atoms with Crippen LogP contribution >= 0.6 is 0 Å². The number of hydrogen-bond acceptors (Lipinski definition) is 6. The fourth-order valence-corrected chi connectivity index (χ4v) is 1.46. The molecule has 0 bridgehead atoms. The third kappa shape index (κ3) is 13.1. The minimum Gasteiger partial charge on any atom is -0.463 e. The number of carbonyl (C=O) groups is 4. The first-order valence-corrected chi connectivity index (χ1v) is 7.74. The van der Waals surface area contributed by atoms with Gasteiger partial charge in [0.2, 0.25) is 11.8 Å². The summed E-state index contributed by atoms with van der Waals surface area (Å²) >= 11 is 0. The van der Waals surface area contributed by atoms with E-state index in [1.165, 1.54) is 0 Å². The summed E-state index contributed by atoms with van der Waals surface area (Å²) in [6.45, 7) is 4.70. The topological polar surface area (TPSA) is 111 Å². The van der Waals surface area contributed by atoms with Gasteiger partial charge in [-0.15, -0.1) is 0 Å². The molecule has 8 heteroatoms. The van der Waals surface area contributed by atoms with E-state index in [1.807, 2.05) is 0 Å². The summed E-state index contributed by atoms with van der Waals surface area (Å²) in [6, 6.07) is 0. The second kappa shape index (κ2) is 14.0. The maximum atomic E-state index is 11.4. The molecule has 0 rings (SSSR count). The second-order valence-electron chi connectivity index (χ2n) is 4.46. The fourth-order valence-electron chi connectivity index (χ4n) is 1.46. The van der Waals surface area contributed by atoms with Crippen LogP contribution in [0.3, 0.4) is 0 Å². The molecule has 0 heterocycles. The number of amides is 2. The molecule has 0 unspecified atom stereocenters. The van der Waals surface area contributed by atoms with Gasteiger partial charge < -0.3 is 20.1 Å². The number of unbranched alkanes of at least 4 members (excludes halogenated alkanes) is 1. The van der Waals surface area contributed by atoms with E-state index in [9.17, 15) is 19.2 Å². The average molecular weight is 340 g/mol. The lowest BCUT2D eigenvalue weighted by molar-refractivity contribution is -0.138. The van der Waals surface area contributed by atoms with Crippen molar-refractivity contribution in [1.29, 1.82) is 0 Å². The van der Waals surface area contributed by atoms with Crippen LogP contribution in [0.1, 0.15) is 26.7 Å². The first-order valence-electron chi connectivity index (χ1n) is 7.74. The zero-order valence-electron chi connectivity index (χ0n) is 14.0. The summed E-state index contributed by atoms with van der Waals surface area (Å²) in [5.74, 6) is -1.90. The average Bonchev–Trinajstić information content (AvgIpc) is 2.54. The first kappa shape index (κ1) is 21.4. The maximum absolute atomic E-state index is 11.4. The molecule has 0 aliphatic carbocycles. The molecule has 0 aromatic rings. The van der Waals surface area contributed by atoms with Gasteiger partial charge in [0.05, 0.1) is 13.2 Å². The fraction of sp³-hybridized carbons (Fsp3) is 0.500. The van der Waals surface area contributed by atoms with Gasteiger partial charge in [0.1, 0.15) is 0 Å². The molecule has 8 nitrogen and oxygen atoms in total. The molecule has 0 radical (unpaired) electrons. The zero-order chi connectivity index (χ0) is 18.2. The molecular weight excluding hydrogens is 316 g/mol. The lowest BCUT2D eigenvalue weighted by Gasteiger charge is -2.03. The number of nitrogens with one attached hydrogen (secondary N) is 2. The van der Waals surface area contributed by atoms with E-state index in [4.69, 9.17) is 0 Å². The van der Waals surface area contributed by atoms with E-state index in [-0.39, 0.29) is 25.0 Å². The van der Waals surface area contributed by atoms with Crippen molar-refractivity contribution in [3.05, 3.63) is 24.3 Å². The normalized spacial score (nSPS) is 10.6. The predicted molar refractivity (Wildman–Crippen MR) is 86.8 cm³/mol. The van der Waals surface area contributed by atoms with Crippen molar-refractivity contribution >= 4 is 23.8 Å². The standard InChI is InChI=1S/C16H24N2O6/c1-3-23-15(21)9-7-13(19)17-11-5-6-12-18-14(20)8-10-16(22)24-4-2/h7-10H,3-6,11-12H2,1-2H3,(H,17,19)(H,18,20)/b9-7+,10-8+. The summed E-state index contributed by atoms with van der Waals surface area (Å²) < 4.78 is 9.28. The van der Waals surface area contributed by atoms with Gasteiger partial charge in [-0.2, -0.15) is 0 Å². The monoisotopic (exact) mass is 340 g/mol. The Morgan fingerprint density at radius 3 is 1.42 bits per heavy atom. The molecule has 24 heavy (non-hydrogen) atoms. The van der Waals surface area contributed by atoms with Crippen LogP contribution < -0.4 is 10.6 Å². The van der Waals surface area contributed by atoms with Crippen LogP contribution in [-0.4, -0.2) is 50.1 Å². The third-order valence-electron chi connectivity index (χ3n) is 2.52. The van der Waals surface area contributed by atoms with Crippen molar-refractivity contribution in [2.75, 3.05) is 26.3 Å². The SMILES string of the molecule is CCOC(=O)/C=C/C(=O)NCCCCNC(=O)/C=C/C(=O)OCC. The molecule has 0 saturated heterocycles. The molecule has 2 N–H and O–H groups in total. The van der Waals surface area contributed by atoms with Gasteiger partial charge in [0.15, 0.2) is 0 Å². The Kier molecular flexibility index (Phi) is 12.4. The molecular formula is C16H24N2O6. The minimum absolute atomic E-state index is 0.255. The van der Waals surface area contributed by atoms with Crippen molar-refractivity contribution in [2.24, 2.45) is 0 Å². The van der Waals surface area contributed by atoms with Gasteiger partial charge in [-0.1, -0.05) is 0 Å². The molecule has 0 fully saturated rings. The summed E-state index contributed by atoms with van der Waals surface area (Å²) in [6.07, 6.45) is 5.66. The number of esters is 2. The quantitative estimate of drug-likeness (QED) is 0.317. The highest BCUT2D eigenvalue weighted by Crippen LogP contribution is 1.87. The second-order valence-corrected chi connectivity index (χ2v) is 4.46. The molecule has 0 aromatic carbocycles. The van der Waals surface area contributed by atoms with Crippen molar-refractivity contribution in [3.8, 4) is 0 Å². The van der Waals surface area contributed by atoms with Crippen molar-refractivity contribution in [2.45, 2.75) is 26.7 Å². The summed E-state index contributed by atoms with van der Waals surface area (Å²) in [5.41, 5.74) is 0. The largest absolute Gasteiger partial charge is 0.463 e. The molecule has 0 atom stereocenters. The number of hydrogen-bond donors (Lipinski definition) is 2. The highest BCUT2D eigenvalue weighted by molar-refractivity contribution is 5.95. The van der Waals surface area contributed by atoms with E-state index < -0.39 is 11.9 Å². The number of rotatable bonds is 11. The molecule has 0 aromatic heterocycles. The number of carbonyl (C=O) groups excluding carboxylic acids is 4. The van der Waals surface area contributed by atoms with E-state index in [1.54, 1.807) is 13.8 Å². The molecule has 2 amide bonds. The van der Waals surface area contributed by atoms with Gasteiger partial charge in [0, 0.05) is 37.4 Å². The Labute approximate surface area is 141 Å². The third-order valence-corrected chi connectivity index (χ3v) is 2.52. The highest BCUT2D eigenvalue weighted by atomic mass is 16.5. The van der Waals surface area contributed by atoms with Crippen LogP contribution in [0.25, 0.3) is 0 Å². The summed E-state index contributed by atoms with van der Waals surface area (Å²) in [4.78, 5) is 44.7. The minimum atomic E-state index is -0.564. The van der Waals surface area contributed by atoms with E-state index in [2.05, 4.69) is 20.1 Å². The molecule has 0 spiro atoms. The van der Waals surface area contributed by atoms with Crippen molar-refractivity contribution < 1.29 is 28.7 Å². The summed E-state index contributed by atoms with van der Waals surface area (Å²) in [5, 5.41) is 5.20. The lowest BCUT2D eigenvalue weighted by atomic mass is 10.3. The van der Waals surface area contributed by atoms with Crippen LogP contribution in [-0.2, 0) is 28.7 Å². The zero-order valence-corrected chi connectivity index (χ0v) is 14.0. The molecule has 0 aliphatic rings. The Balaban J connectivity index is 3.69. The molecule has 0 saturated carbocycles. The smallest absolute Gasteiger partial charge is 0.330 e. The van der Waals surface area contributed by atoms with E-state index >= 15 is 0 Å². The van der Waals surface area contributed by atoms with Gasteiger partial charge in [-0.25, -0.2) is 9.59 Å².